The largest absolute Gasteiger partial charge is 0.462 e. The molecular formula is C33H36I2O4. The minimum atomic E-state index is -1.02. The Morgan fingerprint density at radius 3 is 2.10 bits per heavy atom. The predicted molar refractivity (Wildman–Crippen MR) is 177 cm³/mol. The van der Waals surface area contributed by atoms with E-state index in [9.17, 15) is 9.90 Å². The molecule has 0 saturated carbocycles. The van der Waals surface area contributed by atoms with Crippen LogP contribution < -0.4 is 0 Å². The van der Waals surface area contributed by atoms with Crippen molar-refractivity contribution >= 4 is 51.2 Å². The Hall–Kier alpha value is -2.17. The van der Waals surface area contributed by atoms with E-state index in [1.807, 2.05) is 30.4 Å². The lowest BCUT2D eigenvalue weighted by Crippen LogP contribution is -2.12. The number of rotatable bonds is 11. The van der Waals surface area contributed by atoms with Gasteiger partial charge in [0.05, 0.1) is 6.84 Å². The van der Waals surface area contributed by atoms with Crippen molar-refractivity contribution in [2.45, 2.75) is 59.6 Å². The fourth-order valence-corrected chi connectivity index (χ4v) is 5.90. The van der Waals surface area contributed by atoms with Crippen LogP contribution in [-0.2, 0) is 27.1 Å². The van der Waals surface area contributed by atoms with Crippen LogP contribution in [0.3, 0.4) is 0 Å². The first-order valence-corrected chi connectivity index (χ1v) is 15.1. The SMILES string of the molecule is C=CC(=O)OC1=CC(C)(I)C=C(CCc2ccc(CCC3=CC(C)(I)C=C(OC(O)C=C)C=C3)cc2C)C=C1. The number of benzene rings is 1. The number of aliphatic hydroxyl groups is 1. The summed E-state index contributed by atoms with van der Waals surface area (Å²) in [7, 11) is 0. The molecule has 1 aromatic carbocycles. The van der Waals surface area contributed by atoms with Gasteiger partial charge in [0, 0.05) is 6.08 Å². The van der Waals surface area contributed by atoms with E-state index in [-0.39, 0.29) is 6.84 Å². The molecule has 0 aliphatic heterocycles. The van der Waals surface area contributed by atoms with Crippen molar-refractivity contribution in [3.8, 4) is 0 Å². The van der Waals surface area contributed by atoms with Crippen molar-refractivity contribution in [3.05, 3.63) is 131 Å². The van der Waals surface area contributed by atoms with Crippen molar-refractivity contribution < 1.29 is 19.4 Å². The molecule has 0 amide bonds. The zero-order valence-corrected chi connectivity index (χ0v) is 27.1. The number of ether oxygens (including phenoxy) is 2. The molecule has 3 rings (SSSR count). The second-order valence-electron chi connectivity index (χ2n) is 10.1. The van der Waals surface area contributed by atoms with E-state index in [2.05, 4.69) is 116 Å². The Labute approximate surface area is 259 Å². The maximum Gasteiger partial charge on any atom is 0.335 e. The van der Waals surface area contributed by atoms with Crippen LogP contribution in [0.2, 0.25) is 0 Å². The van der Waals surface area contributed by atoms with Gasteiger partial charge >= 0.3 is 5.97 Å². The molecule has 0 spiro atoms. The molecule has 0 aromatic heterocycles. The van der Waals surface area contributed by atoms with Crippen LogP contribution in [0.15, 0.2) is 115 Å². The maximum absolute atomic E-state index is 11.6. The number of carbonyl (C=O) groups is 1. The number of alkyl halides is 2. The lowest BCUT2D eigenvalue weighted by molar-refractivity contribution is -0.133. The second-order valence-corrected chi connectivity index (χ2v) is 14.8. The number of allylic oxidation sites excluding steroid dienone is 10. The van der Waals surface area contributed by atoms with Crippen LogP contribution >= 0.6 is 45.2 Å². The van der Waals surface area contributed by atoms with E-state index in [0.717, 1.165) is 25.7 Å². The number of aliphatic hydroxyl groups excluding tert-OH is 1. The summed E-state index contributed by atoms with van der Waals surface area (Å²) >= 11 is 4.75. The Morgan fingerprint density at radius 2 is 1.51 bits per heavy atom. The number of hydrogen-bond donors (Lipinski definition) is 1. The van der Waals surface area contributed by atoms with Crippen LogP contribution in [0.25, 0.3) is 0 Å². The molecule has 0 heterocycles. The molecule has 2 aliphatic carbocycles. The standard InChI is InChI=1S/C33H36I2O4/c1-6-30(36)38-28-16-12-25(19-32(4,34)21-28)9-8-24-10-14-27(23(3)18-24)15-11-26-13-17-29(39-31(37)7-2)22-33(5,35)20-26/h6-7,10,12-14,16-22,30,36H,1-2,8-9,11,15H2,3-5H3. The van der Waals surface area contributed by atoms with Crippen molar-refractivity contribution in [2.75, 3.05) is 0 Å². The molecule has 3 atom stereocenters. The summed E-state index contributed by atoms with van der Waals surface area (Å²) in [6.07, 6.45) is 21.5. The van der Waals surface area contributed by atoms with Gasteiger partial charge in [0.25, 0.3) is 0 Å². The number of hydrogen-bond acceptors (Lipinski definition) is 4. The molecule has 6 heteroatoms. The molecule has 4 nitrogen and oxygen atoms in total. The molecule has 0 radical (unpaired) electrons. The van der Waals surface area contributed by atoms with Gasteiger partial charge in [-0.2, -0.15) is 0 Å². The van der Waals surface area contributed by atoms with E-state index in [1.165, 1.54) is 40.0 Å². The first kappa shape index (κ1) is 31.4. The monoisotopic (exact) mass is 750 g/mol. The molecule has 0 fully saturated rings. The lowest BCUT2D eigenvalue weighted by atomic mass is 9.95. The van der Waals surface area contributed by atoms with E-state index in [0.29, 0.717) is 11.5 Å². The van der Waals surface area contributed by atoms with Gasteiger partial charge in [-0.15, -0.1) is 0 Å². The third-order valence-electron chi connectivity index (χ3n) is 6.34. The molecule has 1 aromatic rings. The molecule has 0 bridgehead atoms. The molecule has 1 N–H and O–H groups in total. The summed E-state index contributed by atoms with van der Waals surface area (Å²) in [5.41, 5.74) is 6.38. The van der Waals surface area contributed by atoms with Gasteiger partial charge in [0.2, 0.25) is 6.29 Å². The third kappa shape index (κ3) is 10.4. The Bertz CT molecular complexity index is 1290. The molecule has 206 valence electrons. The van der Waals surface area contributed by atoms with Gasteiger partial charge in [-0.25, -0.2) is 4.79 Å². The maximum atomic E-state index is 11.6. The smallest absolute Gasteiger partial charge is 0.335 e. The fraction of sp³-hybridized carbons (Fsp3) is 0.303. The summed E-state index contributed by atoms with van der Waals surface area (Å²) in [4.78, 5) is 11.6. The number of esters is 1. The van der Waals surface area contributed by atoms with Crippen molar-refractivity contribution in [1.29, 1.82) is 0 Å². The highest BCUT2D eigenvalue weighted by atomic mass is 127. The number of aryl methyl sites for hydroxylation is 3. The Balaban J connectivity index is 1.61. The lowest BCUT2D eigenvalue weighted by Gasteiger charge is -2.16. The average Bonchev–Trinajstić information content (AvgIpc) is 3.10. The second kappa shape index (κ2) is 13.9. The molecule has 39 heavy (non-hydrogen) atoms. The van der Waals surface area contributed by atoms with Crippen LogP contribution in [0, 0.1) is 6.92 Å². The van der Waals surface area contributed by atoms with E-state index in [1.54, 1.807) is 0 Å². The molecule has 0 saturated heterocycles. The topological polar surface area (TPSA) is 55.8 Å². The van der Waals surface area contributed by atoms with Gasteiger partial charge in [0.15, 0.2) is 0 Å². The van der Waals surface area contributed by atoms with Crippen LogP contribution in [0.4, 0.5) is 0 Å². The zero-order valence-electron chi connectivity index (χ0n) is 22.8. The van der Waals surface area contributed by atoms with E-state index < -0.39 is 12.3 Å². The average molecular weight is 750 g/mol. The zero-order chi connectivity index (χ0) is 28.6. The van der Waals surface area contributed by atoms with Crippen molar-refractivity contribution in [1.82, 2.24) is 0 Å². The number of halogens is 2. The van der Waals surface area contributed by atoms with Crippen LogP contribution in [0.5, 0.6) is 0 Å². The Morgan fingerprint density at radius 1 is 0.923 bits per heavy atom. The first-order valence-electron chi connectivity index (χ1n) is 12.9. The highest BCUT2D eigenvalue weighted by Gasteiger charge is 2.21. The molecular weight excluding hydrogens is 714 g/mol. The summed E-state index contributed by atoms with van der Waals surface area (Å²) in [6, 6.07) is 6.77. The van der Waals surface area contributed by atoms with Gasteiger partial charge in [-0.1, -0.05) is 101 Å². The normalized spacial score (nSPS) is 23.3. The minimum Gasteiger partial charge on any atom is -0.462 e. The minimum absolute atomic E-state index is 0.217. The van der Waals surface area contributed by atoms with Crippen molar-refractivity contribution in [2.24, 2.45) is 0 Å². The summed E-state index contributed by atoms with van der Waals surface area (Å²) < 4.78 is 10.4. The van der Waals surface area contributed by atoms with Gasteiger partial charge < -0.3 is 14.6 Å². The van der Waals surface area contributed by atoms with E-state index in [4.69, 9.17) is 9.47 Å². The van der Waals surface area contributed by atoms with Crippen LogP contribution in [0.1, 0.15) is 43.4 Å². The first-order chi connectivity index (χ1) is 18.4. The molecule has 2 aliphatic rings. The quantitative estimate of drug-likeness (QED) is 0.0619. The van der Waals surface area contributed by atoms with Gasteiger partial charge in [-0.05, 0) is 105 Å². The molecule has 3 unspecified atom stereocenters. The summed E-state index contributed by atoms with van der Waals surface area (Å²) in [6.45, 7) is 13.4. The highest BCUT2D eigenvalue weighted by Crippen LogP contribution is 2.32. The van der Waals surface area contributed by atoms with Crippen molar-refractivity contribution in [3.63, 3.8) is 0 Å². The summed E-state index contributed by atoms with van der Waals surface area (Å²) in [5.74, 6) is 0.724. The summed E-state index contributed by atoms with van der Waals surface area (Å²) in [5, 5.41) is 9.77. The van der Waals surface area contributed by atoms with Gasteiger partial charge in [0.1, 0.15) is 11.5 Å². The highest BCUT2D eigenvalue weighted by molar-refractivity contribution is 14.1. The third-order valence-corrected chi connectivity index (χ3v) is 7.59. The van der Waals surface area contributed by atoms with Gasteiger partial charge in [-0.3, -0.25) is 0 Å². The van der Waals surface area contributed by atoms with Crippen LogP contribution in [-0.4, -0.2) is 24.2 Å². The fourth-order valence-electron chi connectivity index (χ4n) is 4.49. The van der Waals surface area contributed by atoms with E-state index >= 15 is 0 Å². The Kier molecular flexibility index (Phi) is 11.2. The number of carbonyl (C=O) groups excluding carboxylic acids is 1. The predicted octanol–water partition coefficient (Wildman–Crippen LogP) is 8.26.